The van der Waals surface area contributed by atoms with Crippen LogP contribution in [0.25, 0.3) is 10.8 Å². The fourth-order valence-corrected chi connectivity index (χ4v) is 2.15. The molecule has 0 aliphatic carbocycles. The van der Waals surface area contributed by atoms with Crippen LogP contribution >= 0.6 is 0 Å². The number of nitrogens with zero attached hydrogens (tertiary/aromatic N) is 1. The molecule has 1 heterocycles. The maximum Gasteiger partial charge on any atom is 0.167 e. The van der Waals surface area contributed by atoms with Crippen LogP contribution in [0.3, 0.4) is 0 Å². The number of carbonyl (C=O) groups excluding carboxylic acids is 1. The van der Waals surface area contributed by atoms with Crippen LogP contribution in [0.2, 0.25) is 0 Å². The van der Waals surface area contributed by atoms with Gasteiger partial charge in [-0.1, -0.05) is 48.5 Å². The molecule has 0 saturated heterocycles. The molecule has 19 heavy (non-hydrogen) atoms. The SMILES string of the molecule is O=C(Cc1ccc2cnccc2c1)c1ccccc1. The molecule has 2 nitrogen and oxygen atoms in total. The number of aromatic nitrogens is 1. The van der Waals surface area contributed by atoms with Crippen LogP contribution in [0.15, 0.2) is 67.0 Å². The van der Waals surface area contributed by atoms with Gasteiger partial charge in [0.25, 0.3) is 0 Å². The molecule has 0 amide bonds. The minimum atomic E-state index is 0.147. The first kappa shape index (κ1) is 11.6. The fourth-order valence-electron chi connectivity index (χ4n) is 2.15. The van der Waals surface area contributed by atoms with Crippen molar-refractivity contribution in [2.75, 3.05) is 0 Å². The smallest absolute Gasteiger partial charge is 0.167 e. The molecule has 0 aliphatic heterocycles. The number of fused-ring (bicyclic) bond motifs is 1. The van der Waals surface area contributed by atoms with Crippen LogP contribution in [-0.2, 0) is 6.42 Å². The lowest BCUT2D eigenvalue weighted by Crippen LogP contribution is -2.03. The monoisotopic (exact) mass is 247 g/mol. The third-order valence-corrected chi connectivity index (χ3v) is 3.17. The first-order chi connectivity index (χ1) is 9.33. The Hall–Kier alpha value is -2.48. The van der Waals surface area contributed by atoms with Crippen LogP contribution < -0.4 is 0 Å². The molecule has 0 fully saturated rings. The summed E-state index contributed by atoms with van der Waals surface area (Å²) in [5, 5.41) is 2.21. The molecule has 0 bridgehead atoms. The molecule has 0 spiro atoms. The van der Waals surface area contributed by atoms with E-state index in [-0.39, 0.29) is 5.78 Å². The van der Waals surface area contributed by atoms with E-state index in [1.807, 2.05) is 54.7 Å². The van der Waals surface area contributed by atoms with Gasteiger partial charge in [0.05, 0.1) is 0 Å². The van der Waals surface area contributed by atoms with Crippen molar-refractivity contribution in [3.63, 3.8) is 0 Å². The standard InChI is InChI=1S/C17H13NO/c19-17(14-4-2-1-3-5-14)11-13-6-7-16-12-18-9-8-15(16)10-13/h1-10,12H,11H2. The zero-order valence-corrected chi connectivity index (χ0v) is 10.4. The van der Waals surface area contributed by atoms with Crippen molar-refractivity contribution >= 4 is 16.6 Å². The summed E-state index contributed by atoms with van der Waals surface area (Å²) in [6.07, 6.45) is 4.03. The number of hydrogen-bond donors (Lipinski definition) is 0. The predicted molar refractivity (Wildman–Crippen MR) is 76.2 cm³/mol. The minimum absolute atomic E-state index is 0.147. The van der Waals surface area contributed by atoms with E-state index in [0.717, 1.165) is 21.9 Å². The third kappa shape index (κ3) is 2.52. The van der Waals surface area contributed by atoms with Crippen LogP contribution in [0.5, 0.6) is 0 Å². The molecule has 0 N–H and O–H groups in total. The van der Waals surface area contributed by atoms with Crippen LogP contribution in [0.4, 0.5) is 0 Å². The van der Waals surface area contributed by atoms with E-state index in [0.29, 0.717) is 6.42 Å². The normalized spacial score (nSPS) is 10.5. The summed E-state index contributed by atoms with van der Waals surface area (Å²) in [4.78, 5) is 16.2. The van der Waals surface area contributed by atoms with E-state index in [4.69, 9.17) is 0 Å². The molecule has 1 aromatic heterocycles. The second-order valence-corrected chi connectivity index (χ2v) is 4.52. The zero-order valence-electron chi connectivity index (χ0n) is 10.4. The highest BCUT2D eigenvalue weighted by atomic mass is 16.1. The Morgan fingerprint density at radius 1 is 0.947 bits per heavy atom. The fraction of sp³-hybridized carbons (Fsp3) is 0.0588. The molecule has 0 saturated carbocycles. The Balaban J connectivity index is 1.87. The van der Waals surface area contributed by atoms with E-state index in [2.05, 4.69) is 11.1 Å². The number of carbonyl (C=O) groups is 1. The van der Waals surface area contributed by atoms with Crippen LogP contribution in [0.1, 0.15) is 15.9 Å². The second kappa shape index (κ2) is 5.02. The van der Waals surface area contributed by atoms with Crippen LogP contribution in [0, 0.1) is 0 Å². The Kier molecular flexibility index (Phi) is 3.07. The van der Waals surface area contributed by atoms with E-state index < -0.39 is 0 Å². The maximum absolute atomic E-state index is 12.1. The van der Waals surface area contributed by atoms with Gasteiger partial charge in [0.1, 0.15) is 0 Å². The van der Waals surface area contributed by atoms with E-state index >= 15 is 0 Å². The first-order valence-corrected chi connectivity index (χ1v) is 6.24. The van der Waals surface area contributed by atoms with Crippen molar-refractivity contribution in [1.82, 2.24) is 4.98 Å². The first-order valence-electron chi connectivity index (χ1n) is 6.24. The predicted octanol–water partition coefficient (Wildman–Crippen LogP) is 3.66. The second-order valence-electron chi connectivity index (χ2n) is 4.52. The average Bonchev–Trinajstić information content (AvgIpc) is 2.48. The summed E-state index contributed by atoms with van der Waals surface area (Å²) < 4.78 is 0. The molecule has 0 radical (unpaired) electrons. The number of ketones is 1. The Morgan fingerprint density at radius 3 is 2.63 bits per heavy atom. The summed E-state index contributed by atoms with van der Waals surface area (Å²) >= 11 is 0. The molecule has 0 unspecified atom stereocenters. The summed E-state index contributed by atoms with van der Waals surface area (Å²) in [5.74, 6) is 0.147. The lowest BCUT2D eigenvalue weighted by molar-refractivity contribution is 0.0993. The molecule has 0 atom stereocenters. The highest BCUT2D eigenvalue weighted by Crippen LogP contribution is 2.16. The molecule has 0 aliphatic rings. The summed E-state index contributed by atoms with van der Waals surface area (Å²) in [6.45, 7) is 0. The number of rotatable bonds is 3. The number of Topliss-reactive ketones (excluding diaryl/α,β-unsaturated/α-hetero) is 1. The topological polar surface area (TPSA) is 30.0 Å². The van der Waals surface area contributed by atoms with E-state index in [1.165, 1.54) is 0 Å². The van der Waals surface area contributed by atoms with Crippen molar-refractivity contribution in [2.24, 2.45) is 0 Å². The molecule has 2 heteroatoms. The van der Waals surface area contributed by atoms with E-state index in [1.54, 1.807) is 6.20 Å². The highest BCUT2D eigenvalue weighted by molar-refractivity contribution is 5.98. The van der Waals surface area contributed by atoms with Crippen molar-refractivity contribution < 1.29 is 4.79 Å². The number of benzene rings is 2. The van der Waals surface area contributed by atoms with Gasteiger partial charge in [-0.15, -0.1) is 0 Å². The van der Waals surface area contributed by atoms with Gasteiger partial charge in [-0.2, -0.15) is 0 Å². The van der Waals surface area contributed by atoms with Crippen molar-refractivity contribution in [2.45, 2.75) is 6.42 Å². The Labute approximate surface area is 111 Å². The van der Waals surface area contributed by atoms with Gasteiger partial charge < -0.3 is 0 Å². The third-order valence-electron chi connectivity index (χ3n) is 3.17. The molecular weight excluding hydrogens is 234 g/mol. The largest absolute Gasteiger partial charge is 0.294 e. The highest BCUT2D eigenvalue weighted by Gasteiger charge is 2.06. The zero-order chi connectivity index (χ0) is 13.1. The molecule has 2 aromatic carbocycles. The van der Waals surface area contributed by atoms with Gasteiger partial charge in [0.15, 0.2) is 5.78 Å². The van der Waals surface area contributed by atoms with Crippen LogP contribution in [-0.4, -0.2) is 10.8 Å². The van der Waals surface area contributed by atoms with Crippen molar-refractivity contribution in [3.8, 4) is 0 Å². The summed E-state index contributed by atoms with van der Waals surface area (Å²) in [7, 11) is 0. The van der Waals surface area contributed by atoms with Gasteiger partial charge in [0, 0.05) is 29.8 Å². The minimum Gasteiger partial charge on any atom is -0.294 e. The lowest BCUT2D eigenvalue weighted by Gasteiger charge is -2.03. The molecular formula is C17H13NO. The van der Waals surface area contributed by atoms with Gasteiger partial charge in [-0.05, 0) is 17.0 Å². The molecule has 3 aromatic rings. The summed E-state index contributed by atoms with van der Waals surface area (Å²) in [6, 6.07) is 17.4. The average molecular weight is 247 g/mol. The molecule has 3 rings (SSSR count). The number of pyridine rings is 1. The van der Waals surface area contributed by atoms with Gasteiger partial charge in [-0.25, -0.2) is 0 Å². The Morgan fingerprint density at radius 2 is 1.79 bits per heavy atom. The van der Waals surface area contributed by atoms with Crippen molar-refractivity contribution in [1.29, 1.82) is 0 Å². The number of hydrogen-bond acceptors (Lipinski definition) is 2. The van der Waals surface area contributed by atoms with Crippen molar-refractivity contribution in [3.05, 3.63) is 78.1 Å². The van der Waals surface area contributed by atoms with Gasteiger partial charge >= 0.3 is 0 Å². The maximum atomic E-state index is 12.1. The van der Waals surface area contributed by atoms with Gasteiger partial charge in [0.2, 0.25) is 0 Å². The lowest BCUT2D eigenvalue weighted by atomic mass is 10.0. The van der Waals surface area contributed by atoms with E-state index in [9.17, 15) is 4.79 Å². The quantitative estimate of drug-likeness (QED) is 0.661. The van der Waals surface area contributed by atoms with Gasteiger partial charge in [-0.3, -0.25) is 9.78 Å². The Bertz CT molecular complexity index is 719. The summed E-state index contributed by atoms with van der Waals surface area (Å²) in [5.41, 5.74) is 1.80. The molecule has 92 valence electrons.